The Kier molecular flexibility index (Phi) is 4.98. The molecule has 3 nitrogen and oxygen atoms in total. The summed E-state index contributed by atoms with van der Waals surface area (Å²) in [5, 5.41) is 4.03. The van der Waals surface area contributed by atoms with Crippen molar-refractivity contribution in [3.8, 4) is 0 Å². The molecule has 2 N–H and O–H groups in total. The van der Waals surface area contributed by atoms with Gasteiger partial charge in [-0.25, -0.2) is 0 Å². The molecule has 20 heavy (non-hydrogen) atoms. The van der Waals surface area contributed by atoms with Crippen LogP contribution in [0.2, 0.25) is 0 Å². The van der Waals surface area contributed by atoms with Crippen molar-refractivity contribution in [1.82, 2.24) is 5.32 Å². The first-order valence-corrected chi connectivity index (χ1v) is 5.32. The second-order valence-electron chi connectivity index (χ2n) is 3.84. The molecule has 0 heterocycles. The molecule has 0 saturated carbocycles. The molecule has 9 heteroatoms. The summed E-state index contributed by atoms with van der Waals surface area (Å²) < 4.78 is 72.1. The molecule has 0 aromatic heterocycles. The standard InChI is InChI=1S/C11H10F6N2O/c12-10(13,14)6-18-5-9(20)19-8-3-1-7(2-4-8)11(15,16)17/h1-4,18H,5-6H2,(H,19,20). The summed E-state index contributed by atoms with van der Waals surface area (Å²) >= 11 is 0. The van der Waals surface area contributed by atoms with E-state index in [9.17, 15) is 31.1 Å². The number of halogens is 6. The van der Waals surface area contributed by atoms with E-state index in [-0.39, 0.29) is 5.69 Å². The predicted molar refractivity (Wildman–Crippen MR) is 59.0 cm³/mol. The van der Waals surface area contributed by atoms with E-state index < -0.39 is 36.9 Å². The van der Waals surface area contributed by atoms with Crippen LogP contribution < -0.4 is 10.6 Å². The largest absolute Gasteiger partial charge is 0.416 e. The molecular weight excluding hydrogens is 290 g/mol. The van der Waals surface area contributed by atoms with Gasteiger partial charge in [0.05, 0.1) is 18.7 Å². The number of nitrogens with one attached hydrogen (secondary N) is 2. The number of alkyl halides is 6. The summed E-state index contributed by atoms with van der Waals surface area (Å²) in [4.78, 5) is 11.2. The van der Waals surface area contributed by atoms with Gasteiger partial charge in [-0.05, 0) is 24.3 Å². The Balaban J connectivity index is 2.47. The Bertz CT molecular complexity index is 451. The average Bonchev–Trinajstić information content (AvgIpc) is 2.26. The van der Waals surface area contributed by atoms with Gasteiger partial charge < -0.3 is 10.6 Å². The van der Waals surface area contributed by atoms with Crippen LogP contribution in [0.4, 0.5) is 32.0 Å². The number of hydrogen-bond acceptors (Lipinski definition) is 2. The molecule has 0 radical (unpaired) electrons. The monoisotopic (exact) mass is 300 g/mol. The topological polar surface area (TPSA) is 41.1 Å². The maximum absolute atomic E-state index is 12.3. The van der Waals surface area contributed by atoms with E-state index in [1.54, 1.807) is 0 Å². The smallest absolute Gasteiger partial charge is 0.325 e. The quantitative estimate of drug-likeness (QED) is 0.840. The van der Waals surface area contributed by atoms with Gasteiger partial charge >= 0.3 is 12.4 Å². The van der Waals surface area contributed by atoms with Crippen molar-refractivity contribution in [3.63, 3.8) is 0 Å². The van der Waals surface area contributed by atoms with Crippen LogP contribution >= 0.6 is 0 Å². The molecule has 1 amide bonds. The van der Waals surface area contributed by atoms with Gasteiger partial charge in [0.1, 0.15) is 0 Å². The Morgan fingerprint density at radius 3 is 2.00 bits per heavy atom. The fraction of sp³-hybridized carbons (Fsp3) is 0.364. The van der Waals surface area contributed by atoms with Crippen molar-refractivity contribution in [2.45, 2.75) is 12.4 Å². The van der Waals surface area contributed by atoms with Crippen molar-refractivity contribution < 1.29 is 31.1 Å². The average molecular weight is 300 g/mol. The maximum Gasteiger partial charge on any atom is 0.416 e. The highest BCUT2D eigenvalue weighted by molar-refractivity contribution is 5.92. The molecule has 0 spiro atoms. The van der Waals surface area contributed by atoms with Gasteiger partial charge in [-0.3, -0.25) is 4.79 Å². The van der Waals surface area contributed by atoms with Gasteiger partial charge in [-0.2, -0.15) is 26.3 Å². The SMILES string of the molecule is O=C(CNCC(F)(F)F)Nc1ccc(C(F)(F)F)cc1. The summed E-state index contributed by atoms with van der Waals surface area (Å²) in [5.41, 5.74) is -0.817. The van der Waals surface area contributed by atoms with Crippen LogP contribution in [0, 0.1) is 0 Å². The Labute approximate surface area is 110 Å². The predicted octanol–water partition coefficient (Wildman–Crippen LogP) is 2.80. The first-order valence-electron chi connectivity index (χ1n) is 5.32. The molecule has 1 aromatic rings. The highest BCUT2D eigenvalue weighted by atomic mass is 19.4. The van der Waals surface area contributed by atoms with E-state index >= 15 is 0 Å². The maximum atomic E-state index is 12.3. The zero-order valence-corrected chi connectivity index (χ0v) is 9.90. The zero-order chi connectivity index (χ0) is 15.4. The van der Waals surface area contributed by atoms with E-state index in [0.29, 0.717) is 0 Å². The number of amides is 1. The van der Waals surface area contributed by atoms with Gasteiger partial charge in [-0.15, -0.1) is 0 Å². The minimum Gasteiger partial charge on any atom is -0.325 e. The minimum atomic E-state index is -4.49. The molecular formula is C11H10F6N2O. The van der Waals surface area contributed by atoms with Crippen LogP contribution in [0.5, 0.6) is 0 Å². The fourth-order valence-electron chi connectivity index (χ4n) is 1.27. The van der Waals surface area contributed by atoms with Crippen LogP contribution in [0.3, 0.4) is 0 Å². The summed E-state index contributed by atoms with van der Waals surface area (Å²) in [6.07, 6.45) is -8.93. The van der Waals surface area contributed by atoms with Gasteiger partial charge in [-0.1, -0.05) is 0 Å². The summed E-state index contributed by atoms with van der Waals surface area (Å²) in [5.74, 6) is -0.783. The van der Waals surface area contributed by atoms with Gasteiger partial charge in [0.15, 0.2) is 0 Å². The Hall–Kier alpha value is -1.77. The second kappa shape index (κ2) is 6.12. The van der Waals surface area contributed by atoms with Gasteiger partial charge in [0, 0.05) is 5.69 Å². The molecule has 0 unspecified atom stereocenters. The molecule has 0 saturated heterocycles. The van der Waals surface area contributed by atoms with Crippen molar-refractivity contribution in [2.75, 3.05) is 18.4 Å². The molecule has 0 aliphatic rings. The molecule has 1 aromatic carbocycles. The molecule has 0 aliphatic heterocycles. The molecule has 1 rings (SSSR count). The van der Waals surface area contributed by atoms with Crippen molar-refractivity contribution in [3.05, 3.63) is 29.8 Å². The van der Waals surface area contributed by atoms with Crippen LogP contribution in [-0.2, 0) is 11.0 Å². The van der Waals surface area contributed by atoms with Crippen LogP contribution in [0.15, 0.2) is 24.3 Å². The highest BCUT2D eigenvalue weighted by Gasteiger charge is 2.30. The normalized spacial score (nSPS) is 12.3. The highest BCUT2D eigenvalue weighted by Crippen LogP contribution is 2.29. The van der Waals surface area contributed by atoms with E-state index in [0.717, 1.165) is 24.3 Å². The number of benzene rings is 1. The number of rotatable bonds is 4. The van der Waals surface area contributed by atoms with E-state index in [1.165, 1.54) is 0 Å². The lowest BCUT2D eigenvalue weighted by Gasteiger charge is -2.10. The van der Waals surface area contributed by atoms with Crippen LogP contribution in [0.25, 0.3) is 0 Å². The molecule has 0 aliphatic carbocycles. The molecule has 0 bridgehead atoms. The summed E-state index contributed by atoms with van der Waals surface area (Å²) in [6.45, 7) is -1.92. The number of carbonyl (C=O) groups excluding carboxylic acids is 1. The number of hydrogen-bond donors (Lipinski definition) is 2. The van der Waals surface area contributed by atoms with Crippen molar-refractivity contribution in [2.24, 2.45) is 0 Å². The van der Waals surface area contributed by atoms with Gasteiger partial charge in [0.2, 0.25) is 5.91 Å². The van der Waals surface area contributed by atoms with E-state index in [4.69, 9.17) is 0 Å². The second-order valence-corrected chi connectivity index (χ2v) is 3.84. The lowest BCUT2D eigenvalue weighted by Crippen LogP contribution is -2.35. The molecule has 0 fully saturated rings. The minimum absolute atomic E-state index is 0.0665. The van der Waals surface area contributed by atoms with E-state index in [2.05, 4.69) is 5.32 Å². The lowest BCUT2D eigenvalue weighted by molar-refractivity contribution is -0.137. The van der Waals surface area contributed by atoms with E-state index in [1.807, 2.05) is 5.32 Å². The first kappa shape index (κ1) is 16.3. The fourth-order valence-corrected chi connectivity index (χ4v) is 1.27. The first-order chi connectivity index (χ1) is 9.08. The zero-order valence-electron chi connectivity index (χ0n) is 9.90. The third kappa shape index (κ3) is 5.91. The Morgan fingerprint density at radius 1 is 1.00 bits per heavy atom. The van der Waals surface area contributed by atoms with Crippen LogP contribution in [0.1, 0.15) is 5.56 Å². The lowest BCUT2D eigenvalue weighted by atomic mass is 10.2. The third-order valence-electron chi connectivity index (χ3n) is 2.11. The van der Waals surface area contributed by atoms with Crippen LogP contribution in [-0.4, -0.2) is 25.2 Å². The molecule has 112 valence electrons. The molecule has 0 atom stereocenters. The number of anilines is 1. The number of carbonyl (C=O) groups is 1. The third-order valence-corrected chi connectivity index (χ3v) is 2.11. The Morgan fingerprint density at radius 2 is 1.55 bits per heavy atom. The summed E-state index contributed by atoms with van der Waals surface area (Å²) in [7, 11) is 0. The van der Waals surface area contributed by atoms with Crippen molar-refractivity contribution >= 4 is 11.6 Å². The summed E-state index contributed by atoms with van der Waals surface area (Å²) in [6, 6.07) is 3.56. The van der Waals surface area contributed by atoms with Gasteiger partial charge in [0.25, 0.3) is 0 Å². The van der Waals surface area contributed by atoms with Crippen molar-refractivity contribution in [1.29, 1.82) is 0 Å².